The first-order valence-electron chi connectivity index (χ1n) is 6.91. The van der Waals surface area contributed by atoms with Gasteiger partial charge in [-0.25, -0.2) is 4.39 Å². The molecule has 2 aliphatic heterocycles. The van der Waals surface area contributed by atoms with E-state index in [4.69, 9.17) is 19.3 Å². The smallest absolute Gasteiger partial charge is 0.210 e. The van der Waals surface area contributed by atoms with Crippen LogP contribution in [0.2, 0.25) is 0 Å². The van der Waals surface area contributed by atoms with Gasteiger partial charge in [-0.2, -0.15) is 0 Å². The van der Waals surface area contributed by atoms with E-state index in [1.165, 1.54) is 0 Å². The summed E-state index contributed by atoms with van der Waals surface area (Å²) in [5, 5.41) is 49.0. The standard InChI is InChI=1S/C12H19Br2FO8.H2O/c13-1-4-7(17)10(20)12(3-14,22-4)23-11-9(19)8(18)6(15)5(2-16)21-11;/h4-11,16-20H,1-3H2;1H2/t4-,5-,6-,7-,8+,9-,10+,11-,12+;/m1./s1. The summed E-state index contributed by atoms with van der Waals surface area (Å²) in [6, 6.07) is 0. The lowest BCUT2D eigenvalue weighted by molar-refractivity contribution is -0.366. The Morgan fingerprint density at radius 3 is 2.12 bits per heavy atom. The van der Waals surface area contributed by atoms with Crippen LogP contribution in [0.15, 0.2) is 0 Å². The zero-order valence-electron chi connectivity index (χ0n) is 12.3. The molecule has 2 heterocycles. The molecule has 0 unspecified atom stereocenters. The lowest BCUT2D eigenvalue weighted by Gasteiger charge is -2.42. The van der Waals surface area contributed by atoms with Gasteiger partial charge in [0.05, 0.1) is 18.0 Å². The summed E-state index contributed by atoms with van der Waals surface area (Å²) in [7, 11) is 0. The van der Waals surface area contributed by atoms with E-state index in [0.29, 0.717) is 0 Å². The fraction of sp³-hybridized carbons (Fsp3) is 1.00. The van der Waals surface area contributed by atoms with Crippen molar-refractivity contribution in [2.24, 2.45) is 0 Å². The van der Waals surface area contributed by atoms with Gasteiger partial charge in [-0.15, -0.1) is 0 Å². The highest BCUT2D eigenvalue weighted by Crippen LogP contribution is 2.38. The predicted molar refractivity (Wildman–Crippen MR) is 84.6 cm³/mol. The Labute approximate surface area is 153 Å². The van der Waals surface area contributed by atoms with Gasteiger partial charge < -0.3 is 45.2 Å². The van der Waals surface area contributed by atoms with Crippen molar-refractivity contribution < 1.29 is 49.6 Å². The summed E-state index contributed by atoms with van der Waals surface area (Å²) in [6.07, 6.45) is -12.1. The Morgan fingerprint density at radius 1 is 1.04 bits per heavy atom. The fourth-order valence-corrected chi connectivity index (χ4v) is 3.67. The summed E-state index contributed by atoms with van der Waals surface area (Å²) in [4.78, 5) is 0. The van der Waals surface area contributed by atoms with Gasteiger partial charge in [0.25, 0.3) is 0 Å². The van der Waals surface area contributed by atoms with E-state index in [1.54, 1.807) is 0 Å². The second kappa shape index (κ2) is 8.95. The van der Waals surface area contributed by atoms with Crippen LogP contribution in [0.3, 0.4) is 0 Å². The average Bonchev–Trinajstić information content (AvgIpc) is 2.80. The lowest BCUT2D eigenvalue weighted by Crippen LogP contribution is -2.61. The Hall–Kier alpha value is 0.530. The topological polar surface area (TPSA) is 160 Å². The van der Waals surface area contributed by atoms with E-state index in [0.717, 1.165) is 0 Å². The van der Waals surface area contributed by atoms with Crippen molar-refractivity contribution in [3.8, 4) is 0 Å². The lowest BCUT2D eigenvalue weighted by atomic mass is 10.00. The van der Waals surface area contributed by atoms with E-state index < -0.39 is 61.5 Å². The van der Waals surface area contributed by atoms with Crippen molar-refractivity contribution in [3.63, 3.8) is 0 Å². The number of aliphatic hydroxyl groups excluding tert-OH is 5. The van der Waals surface area contributed by atoms with E-state index in [-0.39, 0.29) is 16.1 Å². The highest BCUT2D eigenvalue weighted by molar-refractivity contribution is 9.09. The van der Waals surface area contributed by atoms with Crippen molar-refractivity contribution in [1.29, 1.82) is 0 Å². The molecule has 9 nitrogen and oxygen atoms in total. The third-order valence-corrected chi connectivity index (χ3v) is 5.38. The van der Waals surface area contributed by atoms with Gasteiger partial charge in [-0.3, -0.25) is 0 Å². The first-order valence-corrected chi connectivity index (χ1v) is 9.15. The fourth-order valence-electron chi connectivity index (χ4n) is 2.56. The number of alkyl halides is 3. The summed E-state index contributed by atoms with van der Waals surface area (Å²) in [5.41, 5.74) is 0. The summed E-state index contributed by atoms with van der Waals surface area (Å²) < 4.78 is 29.8. The molecule has 0 aromatic rings. The van der Waals surface area contributed by atoms with Crippen LogP contribution in [0.25, 0.3) is 0 Å². The van der Waals surface area contributed by atoms with Crippen molar-refractivity contribution in [2.75, 3.05) is 17.3 Å². The Morgan fingerprint density at radius 2 is 1.67 bits per heavy atom. The first-order chi connectivity index (χ1) is 10.8. The van der Waals surface area contributed by atoms with Crippen LogP contribution in [0.1, 0.15) is 0 Å². The van der Waals surface area contributed by atoms with E-state index in [1.807, 2.05) is 0 Å². The molecule has 12 heteroatoms. The van der Waals surface area contributed by atoms with E-state index in [2.05, 4.69) is 31.9 Å². The molecule has 0 aliphatic carbocycles. The largest absolute Gasteiger partial charge is 0.412 e. The van der Waals surface area contributed by atoms with Crippen molar-refractivity contribution >= 4 is 31.9 Å². The molecule has 24 heavy (non-hydrogen) atoms. The zero-order valence-corrected chi connectivity index (χ0v) is 15.5. The predicted octanol–water partition coefficient (Wildman–Crippen LogP) is -2.44. The molecule has 9 atom stereocenters. The molecule has 0 bridgehead atoms. The van der Waals surface area contributed by atoms with Crippen LogP contribution in [0.5, 0.6) is 0 Å². The second-order valence-corrected chi connectivity index (χ2v) is 6.67. The molecular formula is C12H21Br2FO9. The number of halogens is 3. The minimum Gasteiger partial charge on any atom is -0.412 e. The molecule has 144 valence electrons. The molecule has 2 fully saturated rings. The normalized spacial score (nSPS) is 49.0. The summed E-state index contributed by atoms with van der Waals surface area (Å²) >= 11 is 6.23. The summed E-state index contributed by atoms with van der Waals surface area (Å²) in [5.74, 6) is -1.77. The van der Waals surface area contributed by atoms with Crippen LogP contribution in [-0.2, 0) is 14.2 Å². The van der Waals surface area contributed by atoms with Gasteiger partial charge >= 0.3 is 0 Å². The number of hydrogen-bond acceptors (Lipinski definition) is 8. The number of ether oxygens (including phenoxy) is 3. The minimum absolute atomic E-state index is 0. The van der Waals surface area contributed by atoms with Gasteiger partial charge in [0.15, 0.2) is 12.5 Å². The quantitative estimate of drug-likeness (QED) is 0.267. The summed E-state index contributed by atoms with van der Waals surface area (Å²) in [6.45, 7) is -0.734. The Balaban J connectivity index is 0.00000288. The maximum absolute atomic E-state index is 13.7. The van der Waals surface area contributed by atoms with Crippen LogP contribution < -0.4 is 0 Å². The molecule has 0 aromatic heterocycles. The Kier molecular flexibility index (Phi) is 8.42. The monoisotopic (exact) mass is 486 g/mol. The Bertz CT molecular complexity index is 407. The SMILES string of the molecule is O.OC[C@H]1O[C@H](O[C@]2(CBr)O[C@H](CBr)[C@@H](O)[C@@H]2O)[C@H](O)[C@@H](O)[C@@H]1F. The molecule has 2 rings (SSSR count). The first kappa shape index (κ1) is 22.6. The van der Waals surface area contributed by atoms with E-state index >= 15 is 0 Å². The zero-order chi connectivity index (χ0) is 17.4. The van der Waals surface area contributed by atoms with Gasteiger partial charge in [0.1, 0.15) is 30.5 Å². The van der Waals surface area contributed by atoms with Gasteiger partial charge in [0, 0.05) is 5.33 Å². The van der Waals surface area contributed by atoms with Crippen LogP contribution in [-0.4, -0.2) is 103 Å². The van der Waals surface area contributed by atoms with Crippen molar-refractivity contribution in [2.45, 2.75) is 54.9 Å². The maximum Gasteiger partial charge on any atom is 0.210 e. The minimum atomic E-state index is -2.00. The van der Waals surface area contributed by atoms with Crippen LogP contribution in [0.4, 0.5) is 4.39 Å². The maximum atomic E-state index is 13.7. The molecule has 0 spiro atoms. The second-order valence-electron chi connectivity index (χ2n) is 5.46. The number of rotatable bonds is 5. The molecule has 0 radical (unpaired) electrons. The van der Waals surface area contributed by atoms with Gasteiger partial charge in [-0.05, 0) is 0 Å². The van der Waals surface area contributed by atoms with Crippen LogP contribution >= 0.6 is 31.9 Å². The molecule has 0 amide bonds. The molecule has 0 saturated carbocycles. The van der Waals surface area contributed by atoms with Crippen LogP contribution in [0, 0.1) is 0 Å². The number of aliphatic hydroxyl groups is 5. The highest BCUT2D eigenvalue weighted by Gasteiger charge is 2.58. The number of hydrogen-bond donors (Lipinski definition) is 5. The molecule has 2 aliphatic rings. The average molecular weight is 488 g/mol. The molecular weight excluding hydrogens is 467 g/mol. The van der Waals surface area contributed by atoms with Gasteiger partial charge in [-0.1, -0.05) is 31.9 Å². The van der Waals surface area contributed by atoms with Crippen molar-refractivity contribution in [1.82, 2.24) is 0 Å². The molecule has 0 aromatic carbocycles. The van der Waals surface area contributed by atoms with E-state index in [9.17, 15) is 24.8 Å². The van der Waals surface area contributed by atoms with Gasteiger partial charge in [0.2, 0.25) is 5.79 Å². The molecule has 7 N–H and O–H groups in total. The third-order valence-electron chi connectivity index (χ3n) is 3.96. The highest BCUT2D eigenvalue weighted by atomic mass is 79.9. The molecule has 2 saturated heterocycles. The third kappa shape index (κ3) is 3.93. The van der Waals surface area contributed by atoms with Crippen molar-refractivity contribution in [3.05, 3.63) is 0 Å².